The lowest BCUT2D eigenvalue weighted by Gasteiger charge is -2.11. The number of benzene rings is 2. The van der Waals surface area contributed by atoms with Crippen LogP contribution in [-0.2, 0) is 12.8 Å². The van der Waals surface area contributed by atoms with E-state index in [1.54, 1.807) is 19.1 Å². The zero-order chi connectivity index (χ0) is 15.6. The number of ketones is 1. The molecule has 0 atom stereocenters. The second-order valence-electron chi connectivity index (χ2n) is 4.75. The summed E-state index contributed by atoms with van der Waals surface area (Å²) in [6, 6.07) is 7.52. The lowest BCUT2D eigenvalue weighted by molar-refractivity contribution is 0.0989. The average molecular weight is 288 g/mol. The minimum Gasteiger partial charge on any atom is -0.508 e. The van der Waals surface area contributed by atoms with Crippen LogP contribution in [-0.4, -0.2) is 26.2 Å². The first kappa shape index (κ1) is 14.7. The molecule has 2 rings (SSSR count). The van der Waals surface area contributed by atoms with Crippen molar-refractivity contribution in [3.05, 3.63) is 47.0 Å². The molecule has 110 valence electrons. The molecule has 0 aliphatic carbocycles. The highest BCUT2D eigenvalue weighted by atomic mass is 16.3. The van der Waals surface area contributed by atoms with Crippen LogP contribution in [0.5, 0.6) is 23.0 Å². The Morgan fingerprint density at radius 3 is 2.14 bits per heavy atom. The molecule has 0 spiro atoms. The number of hydrogen-bond donors (Lipinski definition) is 4. The van der Waals surface area contributed by atoms with E-state index in [4.69, 9.17) is 0 Å². The average Bonchev–Trinajstić information content (AvgIpc) is 2.47. The third-order valence-electron chi connectivity index (χ3n) is 3.31. The van der Waals surface area contributed by atoms with E-state index in [-0.39, 0.29) is 23.5 Å². The van der Waals surface area contributed by atoms with E-state index in [2.05, 4.69) is 0 Å². The summed E-state index contributed by atoms with van der Waals surface area (Å²) in [6.07, 6.45) is 0.431. The van der Waals surface area contributed by atoms with Crippen molar-refractivity contribution in [1.82, 2.24) is 0 Å². The van der Waals surface area contributed by atoms with Gasteiger partial charge in [0.15, 0.2) is 17.3 Å². The van der Waals surface area contributed by atoms with Gasteiger partial charge in [-0.05, 0) is 35.7 Å². The van der Waals surface area contributed by atoms with Gasteiger partial charge in [0.05, 0.1) is 5.56 Å². The number of hydrogen-bond acceptors (Lipinski definition) is 5. The van der Waals surface area contributed by atoms with Crippen molar-refractivity contribution in [2.75, 3.05) is 0 Å². The molecule has 0 unspecified atom stereocenters. The molecule has 2 aromatic rings. The van der Waals surface area contributed by atoms with E-state index in [1.807, 2.05) is 0 Å². The van der Waals surface area contributed by atoms with Crippen LogP contribution in [0.25, 0.3) is 0 Å². The van der Waals surface area contributed by atoms with Gasteiger partial charge in [-0.25, -0.2) is 0 Å². The normalized spacial score (nSPS) is 10.5. The van der Waals surface area contributed by atoms with Gasteiger partial charge in [0.2, 0.25) is 5.75 Å². The Morgan fingerprint density at radius 1 is 0.952 bits per heavy atom. The van der Waals surface area contributed by atoms with Crippen LogP contribution in [0.4, 0.5) is 0 Å². The molecule has 21 heavy (non-hydrogen) atoms. The summed E-state index contributed by atoms with van der Waals surface area (Å²) >= 11 is 0. The van der Waals surface area contributed by atoms with E-state index in [9.17, 15) is 25.2 Å². The Balaban J connectivity index is 2.35. The van der Waals surface area contributed by atoms with E-state index in [0.29, 0.717) is 17.5 Å². The lowest BCUT2D eigenvalue weighted by Crippen LogP contribution is -2.05. The first-order valence-electron chi connectivity index (χ1n) is 6.52. The molecular formula is C16H16O5. The SMILES string of the molecule is CCc1cc(C(=O)Cc2ccc(O)cc2)c(O)c(O)c1O. The fraction of sp³-hybridized carbons (Fsp3) is 0.188. The number of phenolic OH excluding ortho intramolecular Hbond substituents is 4. The topological polar surface area (TPSA) is 98.0 Å². The molecule has 0 heterocycles. The van der Waals surface area contributed by atoms with Crippen molar-refractivity contribution in [2.45, 2.75) is 19.8 Å². The number of carbonyl (C=O) groups is 1. The maximum Gasteiger partial charge on any atom is 0.201 e. The van der Waals surface area contributed by atoms with Crippen LogP contribution < -0.4 is 0 Å². The molecule has 5 nitrogen and oxygen atoms in total. The van der Waals surface area contributed by atoms with Gasteiger partial charge in [0.25, 0.3) is 0 Å². The number of carbonyl (C=O) groups excluding carboxylic acids is 1. The maximum absolute atomic E-state index is 12.2. The van der Waals surface area contributed by atoms with E-state index in [1.165, 1.54) is 18.2 Å². The third-order valence-corrected chi connectivity index (χ3v) is 3.31. The lowest BCUT2D eigenvalue weighted by atomic mass is 9.98. The Labute approximate surface area is 121 Å². The molecule has 0 aromatic heterocycles. The number of aryl methyl sites for hydroxylation is 1. The van der Waals surface area contributed by atoms with Crippen LogP contribution in [0.1, 0.15) is 28.4 Å². The standard InChI is InChI=1S/C16H16O5/c1-2-10-8-12(15(20)16(21)14(10)19)13(18)7-9-3-5-11(17)6-4-9/h3-6,8,17,19-21H,2,7H2,1H3. The van der Waals surface area contributed by atoms with Gasteiger partial charge < -0.3 is 20.4 Å². The molecule has 4 N–H and O–H groups in total. The van der Waals surface area contributed by atoms with Crippen molar-refractivity contribution < 1.29 is 25.2 Å². The third kappa shape index (κ3) is 2.91. The van der Waals surface area contributed by atoms with Crippen molar-refractivity contribution in [1.29, 1.82) is 0 Å². The van der Waals surface area contributed by atoms with Gasteiger partial charge in [0, 0.05) is 6.42 Å². The predicted molar refractivity (Wildman–Crippen MR) is 77.0 cm³/mol. The van der Waals surface area contributed by atoms with Crippen LogP contribution in [0.15, 0.2) is 30.3 Å². The van der Waals surface area contributed by atoms with Crippen LogP contribution in [0.2, 0.25) is 0 Å². The smallest absolute Gasteiger partial charge is 0.201 e. The van der Waals surface area contributed by atoms with E-state index < -0.39 is 17.2 Å². The molecule has 0 bridgehead atoms. The molecule has 0 aliphatic heterocycles. The Hall–Kier alpha value is -2.69. The second-order valence-corrected chi connectivity index (χ2v) is 4.75. The summed E-state index contributed by atoms with van der Waals surface area (Å²) in [5.74, 6) is -1.99. The highest BCUT2D eigenvalue weighted by molar-refractivity contribution is 6.01. The van der Waals surface area contributed by atoms with Crippen LogP contribution in [0.3, 0.4) is 0 Å². The fourth-order valence-corrected chi connectivity index (χ4v) is 2.08. The number of aromatic hydroxyl groups is 4. The maximum atomic E-state index is 12.2. The zero-order valence-corrected chi connectivity index (χ0v) is 11.5. The highest BCUT2D eigenvalue weighted by Crippen LogP contribution is 2.40. The Kier molecular flexibility index (Phi) is 4.03. The van der Waals surface area contributed by atoms with Gasteiger partial charge in [-0.15, -0.1) is 0 Å². The molecule has 2 aromatic carbocycles. The molecule has 0 amide bonds. The molecule has 0 saturated carbocycles. The largest absolute Gasteiger partial charge is 0.508 e. The summed E-state index contributed by atoms with van der Waals surface area (Å²) in [5.41, 5.74) is 1.03. The van der Waals surface area contributed by atoms with Gasteiger partial charge in [-0.3, -0.25) is 4.79 Å². The minimum absolute atomic E-state index is 0.0151. The monoisotopic (exact) mass is 288 g/mol. The first-order valence-corrected chi connectivity index (χ1v) is 6.52. The molecule has 0 aliphatic rings. The summed E-state index contributed by atoms with van der Waals surface area (Å²) in [7, 11) is 0. The summed E-state index contributed by atoms with van der Waals surface area (Å²) in [5, 5.41) is 38.3. The van der Waals surface area contributed by atoms with Crippen molar-refractivity contribution in [2.24, 2.45) is 0 Å². The molecule has 0 radical (unpaired) electrons. The quantitative estimate of drug-likeness (QED) is 0.512. The van der Waals surface area contributed by atoms with Gasteiger partial charge >= 0.3 is 0 Å². The molecule has 0 fully saturated rings. The summed E-state index contributed by atoms with van der Waals surface area (Å²) < 4.78 is 0. The highest BCUT2D eigenvalue weighted by Gasteiger charge is 2.20. The first-order chi connectivity index (χ1) is 9.93. The summed E-state index contributed by atoms with van der Waals surface area (Å²) in [4.78, 5) is 12.2. The molecule has 5 heteroatoms. The molecular weight excluding hydrogens is 272 g/mol. The number of phenols is 4. The second kappa shape index (κ2) is 5.75. The zero-order valence-electron chi connectivity index (χ0n) is 11.5. The van der Waals surface area contributed by atoms with E-state index >= 15 is 0 Å². The van der Waals surface area contributed by atoms with Crippen LogP contribution >= 0.6 is 0 Å². The number of Topliss-reactive ketones (excluding diaryl/α,β-unsaturated/α-hetero) is 1. The van der Waals surface area contributed by atoms with Crippen LogP contribution in [0, 0.1) is 0 Å². The minimum atomic E-state index is -0.677. The van der Waals surface area contributed by atoms with Gasteiger partial charge in [-0.2, -0.15) is 0 Å². The van der Waals surface area contributed by atoms with Gasteiger partial charge in [-0.1, -0.05) is 19.1 Å². The van der Waals surface area contributed by atoms with Crippen molar-refractivity contribution in [3.63, 3.8) is 0 Å². The van der Waals surface area contributed by atoms with Gasteiger partial charge in [0.1, 0.15) is 5.75 Å². The predicted octanol–water partition coefficient (Wildman–Crippen LogP) is 2.50. The Morgan fingerprint density at radius 2 is 1.57 bits per heavy atom. The Bertz CT molecular complexity index is 674. The summed E-state index contributed by atoms with van der Waals surface area (Å²) in [6.45, 7) is 1.76. The molecule has 0 saturated heterocycles. The fourth-order valence-electron chi connectivity index (χ4n) is 2.08. The van der Waals surface area contributed by atoms with Crippen molar-refractivity contribution >= 4 is 5.78 Å². The number of rotatable bonds is 4. The van der Waals surface area contributed by atoms with E-state index in [0.717, 1.165) is 0 Å². The van der Waals surface area contributed by atoms with Crippen molar-refractivity contribution in [3.8, 4) is 23.0 Å².